The number of esters is 1. The van der Waals surface area contributed by atoms with Gasteiger partial charge >= 0.3 is 5.97 Å². The first kappa shape index (κ1) is 19.8. The van der Waals surface area contributed by atoms with Gasteiger partial charge in [-0.05, 0) is 44.4 Å². The second-order valence-electron chi connectivity index (χ2n) is 6.83. The molecule has 9 heteroatoms. The molecule has 1 saturated carbocycles. The Balaban J connectivity index is 1.75. The first-order valence-corrected chi connectivity index (χ1v) is 10.4. The highest BCUT2D eigenvalue weighted by molar-refractivity contribution is 7.89. The first-order chi connectivity index (χ1) is 12.8. The van der Waals surface area contributed by atoms with E-state index in [-0.39, 0.29) is 35.5 Å². The third-order valence-corrected chi connectivity index (χ3v) is 6.63. The van der Waals surface area contributed by atoms with Gasteiger partial charge in [-0.15, -0.1) is 0 Å². The summed E-state index contributed by atoms with van der Waals surface area (Å²) in [6, 6.07) is 4.55. The van der Waals surface area contributed by atoms with Gasteiger partial charge in [0.15, 0.2) is 6.10 Å². The highest BCUT2D eigenvalue weighted by Gasteiger charge is 2.30. The third-order valence-electron chi connectivity index (χ3n) is 4.59. The van der Waals surface area contributed by atoms with Crippen molar-refractivity contribution in [2.24, 2.45) is 0 Å². The lowest BCUT2D eigenvalue weighted by molar-refractivity contribution is -0.129. The molecule has 0 bridgehead atoms. The first-order valence-electron chi connectivity index (χ1n) is 8.99. The Labute approximate surface area is 158 Å². The largest absolute Gasteiger partial charge is 0.449 e. The Hall–Kier alpha value is -1.97. The van der Waals surface area contributed by atoms with E-state index in [4.69, 9.17) is 9.47 Å². The number of nitrogens with zero attached hydrogens (tertiary/aromatic N) is 1. The minimum atomic E-state index is -3.73. The summed E-state index contributed by atoms with van der Waals surface area (Å²) < 4.78 is 37.5. The molecule has 2 aliphatic rings. The molecule has 3 rings (SSSR count). The zero-order valence-corrected chi connectivity index (χ0v) is 16.3. The number of rotatable bonds is 6. The number of sulfonamides is 1. The van der Waals surface area contributed by atoms with Gasteiger partial charge in [-0.1, -0.05) is 6.07 Å². The summed E-state index contributed by atoms with van der Waals surface area (Å²) in [4.78, 5) is 24.4. The van der Waals surface area contributed by atoms with Crippen LogP contribution in [0, 0.1) is 6.92 Å². The molecule has 1 saturated heterocycles. The number of hydrogen-bond acceptors (Lipinski definition) is 6. The number of carbonyl (C=O) groups excluding carboxylic acids is 2. The number of amides is 1. The standard InChI is InChI=1S/C18H24N2O6S/c1-12-3-4-14(18(22)26-13(2)17(21)19-15-5-6-15)11-16(12)27(23,24)20-7-9-25-10-8-20/h3-4,11,13,15H,5-10H2,1-2H3,(H,19,21)/t13-/m1/s1. The van der Waals surface area contributed by atoms with Crippen molar-refractivity contribution in [1.82, 2.24) is 9.62 Å². The highest BCUT2D eigenvalue weighted by Crippen LogP contribution is 2.23. The van der Waals surface area contributed by atoms with E-state index in [9.17, 15) is 18.0 Å². The normalized spacial score (nSPS) is 19.3. The maximum atomic E-state index is 12.9. The summed E-state index contributed by atoms with van der Waals surface area (Å²) in [5.74, 6) is -1.08. The molecule has 1 aliphatic heterocycles. The fourth-order valence-corrected chi connectivity index (χ4v) is 4.42. The molecule has 1 aromatic carbocycles. The minimum Gasteiger partial charge on any atom is -0.449 e. The monoisotopic (exact) mass is 396 g/mol. The average Bonchev–Trinajstić information content (AvgIpc) is 3.46. The maximum absolute atomic E-state index is 12.9. The molecule has 1 N–H and O–H groups in total. The van der Waals surface area contributed by atoms with E-state index in [0.29, 0.717) is 18.8 Å². The van der Waals surface area contributed by atoms with Gasteiger partial charge in [0.1, 0.15) is 0 Å². The van der Waals surface area contributed by atoms with E-state index in [1.54, 1.807) is 13.0 Å². The molecular weight excluding hydrogens is 372 g/mol. The molecule has 8 nitrogen and oxygen atoms in total. The number of morpholine rings is 1. The lowest BCUT2D eigenvalue weighted by Gasteiger charge is -2.26. The number of ether oxygens (including phenoxy) is 2. The molecule has 1 amide bonds. The van der Waals surface area contributed by atoms with Gasteiger partial charge in [-0.2, -0.15) is 4.31 Å². The average molecular weight is 396 g/mol. The lowest BCUT2D eigenvalue weighted by atomic mass is 10.1. The van der Waals surface area contributed by atoms with Gasteiger partial charge in [-0.3, -0.25) is 4.79 Å². The number of hydrogen-bond donors (Lipinski definition) is 1. The molecule has 1 aliphatic carbocycles. The van der Waals surface area contributed by atoms with Crippen LogP contribution in [0.4, 0.5) is 0 Å². The number of nitrogens with one attached hydrogen (secondary N) is 1. The quantitative estimate of drug-likeness (QED) is 0.715. The molecule has 0 unspecified atom stereocenters. The van der Waals surface area contributed by atoms with Gasteiger partial charge in [0.05, 0.1) is 23.7 Å². The van der Waals surface area contributed by atoms with Crippen molar-refractivity contribution in [3.8, 4) is 0 Å². The second kappa shape index (κ2) is 7.95. The van der Waals surface area contributed by atoms with Gasteiger partial charge in [0.2, 0.25) is 10.0 Å². The van der Waals surface area contributed by atoms with Crippen LogP contribution < -0.4 is 5.32 Å². The van der Waals surface area contributed by atoms with Crippen LogP contribution in [0.3, 0.4) is 0 Å². The van der Waals surface area contributed by atoms with Crippen LogP contribution in [-0.2, 0) is 24.3 Å². The molecule has 27 heavy (non-hydrogen) atoms. The summed E-state index contributed by atoms with van der Waals surface area (Å²) in [6.45, 7) is 4.40. The summed E-state index contributed by atoms with van der Waals surface area (Å²) in [5, 5.41) is 2.77. The molecule has 1 heterocycles. The summed E-state index contributed by atoms with van der Waals surface area (Å²) in [6.07, 6.45) is 0.930. The fraction of sp³-hybridized carbons (Fsp3) is 0.556. The number of aryl methyl sites for hydroxylation is 1. The van der Waals surface area contributed by atoms with Crippen LogP contribution in [0.5, 0.6) is 0 Å². The van der Waals surface area contributed by atoms with Gasteiger partial charge in [-0.25, -0.2) is 13.2 Å². The van der Waals surface area contributed by atoms with Gasteiger partial charge in [0.25, 0.3) is 5.91 Å². The summed E-state index contributed by atoms with van der Waals surface area (Å²) >= 11 is 0. The number of carbonyl (C=O) groups is 2. The molecule has 2 fully saturated rings. The Kier molecular flexibility index (Phi) is 5.83. The Bertz CT molecular complexity index is 828. The zero-order valence-electron chi connectivity index (χ0n) is 15.4. The number of benzene rings is 1. The molecule has 148 valence electrons. The molecule has 0 spiro atoms. The van der Waals surface area contributed by atoms with Crippen molar-refractivity contribution in [1.29, 1.82) is 0 Å². The van der Waals surface area contributed by atoms with Gasteiger partial charge in [0, 0.05) is 19.1 Å². The Morgan fingerprint density at radius 2 is 1.93 bits per heavy atom. The second-order valence-corrected chi connectivity index (χ2v) is 8.73. The van der Waals surface area contributed by atoms with Crippen LogP contribution in [0.1, 0.15) is 35.7 Å². The lowest BCUT2D eigenvalue weighted by Crippen LogP contribution is -2.41. The zero-order chi connectivity index (χ0) is 19.6. The predicted molar refractivity (Wildman–Crippen MR) is 96.8 cm³/mol. The van der Waals surface area contributed by atoms with Crippen molar-refractivity contribution in [3.05, 3.63) is 29.3 Å². The van der Waals surface area contributed by atoms with Crippen LogP contribution in [0.2, 0.25) is 0 Å². The highest BCUT2D eigenvalue weighted by atomic mass is 32.2. The topological polar surface area (TPSA) is 102 Å². The molecule has 0 aromatic heterocycles. The van der Waals surface area contributed by atoms with Crippen LogP contribution >= 0.6 is 0 Å². The maximum Gasteiger partial charge on any atom is 0.338 e. The molecular formula is C18H24N2O6S. The SMILES string of the molecule is Cc1ccc(C(=O)O[C@H](C)C(=O)NC2CC2)cc1S(=O)(=O)N1CCOCC1. The summed E-state index contributed by atoms with van der Waals surface area (Å²) in [5.41, 5.74) is 0.635. The van der Waals surface area contributed by atoms with Crippen molar-refractivity contribution in [2.75, 3.05) is 26.3 Å². The van der Waals surface area contributed by atoms with E-state index in [2.05, 4.69) is 5.32 Å². The van der Waals surface area contributed by atoms with E-state index in [1.807, 2.05) is 0 Å². The van der Waals surface area contributed by atoms with Gasteiger partial charge < -0.3 is 14.8 Å². The van der Waals surface area contributed by atoms with Crippen LogP contribution in [0.25, 0.3) is 0 Å². The van der Waals surface area contributed by atoms with E-state index < -0.39 is 22.1 Å². The van der Waals surface area contributed by atoms with Crippen molar-refractivity contribution < 1.29 is 27.5 Å². The molecule has 1 atom stereocenters. The van der Waals surface area contributed by atoms with E-state index >= 15 is 0 Å². The molecule has 1 aromatic rings. The van der Waals surface area contributed by atoms with Crippen molar-refractivity contribution >= 4 is 21.9 Å². The van der Waals surface area contributed by atoms with Crippen molar-refractivity contribution in [3.63, 3.8) is 0 Å². The smallest absolute Gasteiger partial charge is 0.338 e. The van der Waals surface area contributed by atoms with E-state index in [1.165, 1.54) is 23.4 Å². The van der Waals surface area contributed by atoms with Crippen LogP contribution in [0.15, 0.2) is 23.1 Å². The Morgan fingerprint density at radius 1 is 1.26 bits per heavy atom. The Morgan fingerprint density at radius 3 is 2.56 bits per heavy atom. The predicted octanol–water partition coefficient (Wildman–Crippen LogP) is 0.840. The van der Waals surface area contributed by atoms with Crippen molar-refractivity contribution in [2.45, 2.75) is 43.7 Å². The molecule has 0 radical (unpaired) electrons. The van der Waals surface area contributed by atoms with Crippen LogP contribution in [-0.4, -0.2) is 63.0 Å². The van der Waals surface area contributed by atoms with E-state index in [0.717, 1.165) is 12.8 Å². The fourth-order valence-electron chi connectivity index (χ4n) is 2.76. The summed E-state index contributed by atoms with van der Waals surface area (Å²) in [7, 11) is -3.73. The third kappa shape index (κ3) is 4.66. The minimum absolute atomic E-state index is 0.0638.